The van der Waals surface area contributed by atoms with Gasteiger partial charge in [0.2, 0.25) is 0 Å². The molecule has 2 atom stereocenters. The molecule has 0 aromatic heterocycles. The topological polar surface area (TPSA) is 54.4 Å². The molecule has 0 amide bonds. The van der Waals surface area contributed by atoms with Gasteiger partial charge in [0.15, 0.2) is 0 Å². The normalized spacial score (nSPS) is 25.6. The Balaban J connectivity index is 2.48. The Morgan fingerprint density at radius 3 is 2.85 bits per heavy atom. The third-order valence-corrected chi connectivity index (χ3v) is 2.79. The van der Waals surface area contributed by atoms with Crippen molar-refractivity contribution in [2.75, 3.05) is 0 Å². The van der Waals surface area contributed by atoms with E-state index in [9.17, 15) is 9.59 Å². The van der Waals surface area contributed by atoms with Crippen molar-refractivity contribution in [1.82, 2.24) is 0 Å². The van der Waals surface area contributed by atoms with Crippen LogP contribution < -0.4 is 0 Å². The molecule has 0 radical (unpaired) electrons. The van der Waals surface area contributed by atoms with E-state index >= 15 is 0 Å². The number of aliphatic carboxylic acids is 1. The number of hydrogen-bond donors (Lipinski definition) is 1. The van der Waals surface area contributed by atoms with Crippen molar-refractivity contribution < 1.29 is 14.7 Å². The van der Waals surface area contributed by atoms with E-state index in [0.717, 1.165) is 19.3 Å². The lowest BCUT2D eigenvalue weighted by atomic mass is 9.78. The van der Waals surface area contributed by atoms with Gasteiger partial charge in [-0.2, -0.15) is 0 Å². The van der Waals surface area contributed by atoms with Crippen molar-refractivity contribution in [3.8, 4) is 0 Å². The summed E-state index contributed by atoms with van der Waals surface area (Å²) in [5.74, 6) is -0.527. The molecule has 0 aromatic carbocycles. The molecule has 0 bridgehead atoms. The highest BCUT2D eigenvalue weighted by Crippen LogP contribution is 2.28. The average molecular weight is 184 g/mol. The predicted octanol–water partition coefficient (Wildman–Crippen LogP) is 1.86. The third-order valence-electron chi connectivity index (χ3n) is 2.79. The van der Waals surface area contributed by atoms with Crippen LogP contribution >= 0.6 is 0 Å². The summed E-state index contributed by atoms with van der Waals surface area (Å²) in [6.45, 7) is 1.86. The summed E-state index contributed by atoms with van der Waals surface area (Å²) in [6.07, 6.45) is 3.70. The van der Waals surface area contributed by atoms with Crippen LogP contribution in [-0.4, -0.2) is 16.9 Å². The fourth-order valence-corrected chi connectivity index (χ4v) is 2.03. The molecule has 1 saturated carbocycles. The molecule has 3 heteroatoms. The van der Waals surface area contributed by atoms with Crippen molar-refractivity contribution in [3.63, 3.8) is 0 Å². The van der Waals surface area contributed by atoms with Crippen LogP contribution in [0.1, 0.15) is 39.0 Å². The van der Waals surface area contributed by atoms with Crippen LogP contribution in [0.2, 0.25) is 0 Å². The number of Topliss-reactive ketones (excluding diaryl/α,β-unsaturated/α-hetero) is 1. The standard InChI is InChI=1S/C10H16O3/c1-7(6-10(12)13)8-4-2-3-5-9(8)11/h7-8H,2-6H2,1H3,(H,12,13). The maximum Gasteiger partial charge on any atom is 0.303 e. The van der Waals surface area contributed by atoms with Gasteiger partial charge in [-0.15, -0.1) is 0 Å². The highest BCUT2D eigenvalue weighted by Gasteiger charge is 2.28. The number of carbonyl (C=O) groups is 2. The minimum atomic E-state index is -0.800. The molecule has 1 N–H and O–H groups in total. The monoisotopic (exact) mass is 184 g/mol. The zero-order valence-electron chi connectivity index (χ0n) is 7.95. The molecule has 1 fully saturated rings. The lowest BCUT2D eigenvalue weighted by Gasteiger charge is -2.25. The van der Waals surface area contributed by atoms with Gasteiger partial charge >= 0.3 is 5.97 Å². The summed E-state index contributed by atoms with van der Waals surface area (Å²) < 4.78 is 0. The van der Waals surface area contributed by atoms with E-state index in [4.69, 9.17) is 5.11 Å². The summed E-state index contributed by atoms with van der Waals surface area (Å²) in [4.78, 5) is 21.9. The lowest BCUT2D eigenvalue weighted by Crippen LogP contribution is -2.26. The molecular weight excluding hydrogens is 168 g/mol. The molecule has 0 aliphatic heterocycles. The Labute approximate surface area is 78.1 Å². The van der Waals surface area contributed by atoms with Gasteiger partial charge in [-0.05, 0) is 18.8 Å². The molecule has 2 unspecified atom stereocenters. The Bertz CT molecular complexity index is 210. The second-order valence-corrected chi connectivity index (χ2v) is 3.89. The number of carboxylic acid groups (broad SMARTS) is 1. The molecule has 13 heavy (non-hydrogen) atoms. The van der Waals surface area contributed by atoms with E-state index in [1.54, 1.807) is 0 Å². The smallest absolute Gasteiger partial charge is 0.303 e. The quantitative estimate of drug-likeness (QED) is 0.728. The van der Waals surface area contributed by atoms with Crippen LogP contribution in [0.5, 0.6) is 0 Å². The van der Waals surface area contributed by atoms with Gasteiger partial charge in [0.25, 0.3) is 0 Å². The van der Waals surface area contributed by atoms with E-state index in [-0.39, 0.29) is 24.0 Å². The summed E-state index contributed by atoms with van der Waals surface area (Å²) in [6, 6.07) is 0. The van der Waals surface area contributed by atoms with Crippen LogP contribution in [0.4, 0.5) is 0 Å². The van der Waals surface area contributed by atoms with Gasteiger partial charge in [0.1, 0.15) is 5.78 Å². The SMILES string of the molecule is CC(CC(=O)O)C1CCCCC1=O. The van der Waals surface area contributed by atoms with E-state index in [1.807, 2.05) is 6.92 Å². The van der Waals surface area contributed by atoms with E-state index in [2.05, 4.69) is 0 Å². The highest BCUT2D eigenvalue weighted by atomic mass is 16.4. The Hall–Kier alpha value is -0.860. The van der Waals surface area contributed by atoms with Gasteiger partial charge in [0, 0.05) is 18.8 Å². The Morgan fingerprint density at radius 1 is 1.62 bits per heavy atom. The summed E-state index contributed by atoms with van der Waals surface area (Å²) in [5.41, 5.74) is 0. The largest absolute Gasteiger partial charge is 0.481 e. The molecule has 74 valence electrons. The first-order chi connectivity index (χ1) is 6.11. The van der Waals surface area contributed by atoms with Crippen molar-refractivity contribution in [3.05, 3.63) is 0 Å². The average Bonchev–Trinajstić information content (AvgIpc) is 2.03. The zero-order valence-corrected chi connectivity index (χ0v) is 7.95. The second-order valence-electron chi connectivity index (χ2n) is 3.89. The molecule has 1 aliphatic carbocycles. The number of carboxylic acids is 1. The van der Waals surface area contributed by atoms with Crippen LogP contribution in [0.25, 0.3) is 0 Å². The zero-order chi connectivity index (χ0) is 9.84. The van der Waals surface area contributed by atoms with Crippen LogP contribution in [0.15, 0.2) is 0 Å². The van der Waals surface area contributed by atoms with Crippen molar-refractivity contribution in [1.29, 1.82) is 0 Å². The molecule has 0 aromatic rings. The second kappa shape index (κ2) is 4.40. The van der Waals surface area contributed by atoms with E-state index in [1.165, 1.54) is 0 Å². The lowest BCUT2D eigenvalue weighted by molar-refractivity contribution is -0.139. The van der Waals surface area contributed by atoms with Crippen molar-refractivity contribution in [2.24, 2.45) is 11.8 Å². The molecule has 1 aliphatic rings. The fraction of sp³-hybridized carbons (Fsp3) is 0.800. The summed E-state index contributed by atoms with van der Waals surface area (Å²) in [5, 5.41) is 8.59. The van der Waals surface area contributed by atoms with Crippen LogP contribution in [-0.2, 0) is 9.59 Å². The minimum Gasteiger partial charge on any atom is -0.481 e. The first kappa shape index (κ1) is 10.2. The molecule has 0 heterocycles. The third kappa shape index (κ3) is 2.83. The van der Waals surface area contributed by atoms with Gasteiger partial charge in [-0.3, -0.25) is 9.59 Å². The van der Waals surface area contributed by atoms with Gasteiger partial charge in [-0.25, -0.2) is 0 Å². The Morgan fingerprint density at radius 2 is 2.31 bits per heavy atom. The van der Waals surface area contributed by atoms with Crippen LogP contribution in [0, 0.1) is 11.8 Å². The fourth-order valence-electron chi connectivity index (χ4n) is 2.03. The van der Waals surface area contributed by atoms with Gasteiger partial charge in [0.05, 0.1) is 0 Å². The van der Waals surface area contributed by atoms with Gasteiger partial charge in [-0.1, -0.05) is 13.3 Å². The maximum atomic E-state index is 11.4. The van der Waals surface area contributed by atoms with Crippen LogP contribution in [0.3, 0.4) is 0 Å². The van der Waals surface area contributed by atoms with Gasteiger partial charge < -0.3 is 5.11 Å². The Kier molecular flexibility index (Phi) is 3.46. The van der Waals surface area contributed by atoms with Crippen molar-refractivity contribution in [2.45, 2.75) is 39.0 Å². The first-order valence-electron chi connectivity index (χ1n) is 4.85. The predicted molar refractivity (Wildman–Crippen MR) is 48.4 cm³/mol. The number of ketones is 1. The molecule has 3 nitrogen and oxygen atoms in total. The van der Waals surface area contributed by atoms with E-state index in [0.29, 0.717) is 6.42 Å². The first-order valence-corrected chi connectivity index (χ1v) is 4.85. The molecule has 0 spiro atoms. The number of rotatable bonds is 3. The molecule has 0 saturated heterocycles. The molecule has 1 rings (SSSR count). The van der Waals surface area contributed by atoms with E-state index < -0.39 is 5.97 Å². The highest BCUT2D eigenvalue weighted by molar-refractivity contribution is 5.82. The number of hydrogen-bond acceptors (Lipinski definition) is 2. The molecular formula is C10H16O3. The number of carbonyl (C=O) groups excluding carboxylic acids is 1. The summed E-state index contributed by atoms with van der Waals surface area (Å²) in [7, 11) is 0. The minimum absolute atomic E-state index is 0.00449. The summed E-state index contributed by atoms with van der Waals surface area (Å²) >= 11 is 0. The maximum absolute atomic E-state index is 11.4. The van der Waals surface area contributed by atoms with Crippen molar-refractivity contribution >= 4 is 11.8 Å².